The van der Waals surface area contributed by atoms with Crippen LogP contribution >= 0.6 is 11.3 Å². The zero-order valence-corrected chi connectivity index (χ0v) is 11.8. The number of hydrogen-bond donors (Lipinski definition) is 1. The van der Waals surface area contributed by atoms with Gasteiger partial charge in [-0.3, -0.25) is 0 Å². The lowest BCUT2D eigenvalue weighted by Crippen LogP contribution is -2.03. The molecule has 0 saturated heterocycles. The largest absolute Gasteiger partial charge is 0.481 e. The van der Waals surface area contributed by atoms with Gasteiger partial charge in [0.15, 0.2) is 0 Å². The van der Waals surface area contributed by atoms with E-state index in [4.69, 9.17) is 4.74 Å². The molecule has 0 aliphatic carbocycles. The number of nitro groups is 1. The third kappa shape index (κ3) is 2.50. The molecule has 108 valence electrons. The first kappa shape index (κ1) is 13.3. The summed E-state index contributed by atoms with van der Waals surface area (Å²) in [4.78, 5) is 19.6. The number of anilines is 1. The maximum Gasteiger partial charge on any atom is 0.372 e. The molecule has 0 saturated carbocycles. The van der Waals surface area contributed by atoms with Gasteiger partial charge in [0, 0.05) is 24.2 Å². The minimum Gasteiger partial charge on any atom is -0.481 e. The molecule has 3 aromatic heterocycles. The van der Waals surface area contributed by atoms with Gasteiger partial charge < -0.3 is 20.2 Å². The van der Waals surface area contributed by atoms with E-state index < -0.39 is 4.92 Å². The highest BCUT2D eigenvalue weighted by molar-refractivity contribution is 7.15. The summed E-state index contributed by atoms with van der Waals surface area (Å²) in [6.07, 6.45) is 3.28. The average molecular weight is 305 g/mol. The molecule has 0 aliphatic heterocycles. The SMILES string of the molecule is COc1ccc(CNc2nc3sccn3c2[N+](=O)[O-])cn1. The number of imidazole rings is 1. The third-order valence-electron chi connectivity index (χ3n) is 2.88. The van der Waals surface area contributed by atoms with Crippen molar-refractivity contribution in [3.63, 3.8) is 0 Å². The van der Waals surface area contributed by atoms with Crippen LogP contribution in [-0.2, 0) is 6.54 Å². The number of aromatic nitrogens is 3. The van der Waals surface area contributed by atoms with E-state index in [0.717, 1.165) is 5.56 Å². The lowest BCUT2D eigenvalue weighted by Gasteiger charge is -2.04. The average Bonchev–Trinajstić information content (AvgIpc) is 3.05. The second-order valence-electron chi connectivity index (χ2n) is 4.16. The van der Waals surface area contributed by atoms with E-state index >= 15 is 0 Å². The predicted octanol–water partition coefficient (Wildman–Crippen LogP) is 2.32. The van der Waals surface area contributed by atoms with Crippen molar-refractivity contribution in [1.29, 1.82) is 0 Å². The lowest BCUT2D eigenvalue weighted by molar-refractivity contribution is -0.389. The van der Waals surface area contributed by atoms with Crippen LogP contribution in [0.1, 0.15) is 5.56 Å². The molecule has 9 heteroatoms. The Morgan fingerprint density at radius 3 is 3.05 bits per heavy atom. The Balaban J connectivity index is 1.82. The summed E-state index contributed by atoms with van der Waals surface area (Å²) in [6, 6.07) is 3.57. The van der Waals surface area contributed by atoms with E-state index in [1.807, 2.05) is 6.07 Å². The first-order valence-electron chi connectivity index (χ1n) is 6.02. The molecule has 0 aliphatic rings. The fourth-order valence-electron chi connectivity index (χ4n) is 1.89. The number of nitrogens with zero attached hydrogens (tertiary/aromatic N) is 4. The number of thiazole rings is 1. The fraction of sp³-hybridized carbons (Fsp3) is 0.167. The second kappa shape index (κ2) is 5.37. The molecule has 8 nitrogen and oxygen atoms in total. The van der Waals surface area contributed by atoms with Crippen molar-refractivity contribution < 1.29 is 9.66 Å². The number of rotatable bonds is 5. The molecule has 3 rings (SSSR count). The van der Waals surface area contributed by atoms with Gasteiger partial charge in [-0.05, 0) is 10.5 Å². The van der Waals surface area contributed by atoms with Crippen molar-refractivity contribution in [2.45, 2.75) is 6.54 Å². The van der Waals surface area contributed by atoms with Crippen molar-refractivity contribution in [2.75, 3.05) is 12.4 Å². The Kier molecular flexibility index (Phi) is 3.40. The summed E-state index contributed by atoms with van der Waals surface area (Å²) in [5.74, 6) is 0.711. The molecule has 0 aromatic carbocycles. The van der Waals surface area contributed by atoms with Gasteiger partial charge in [0.2, 0.25) is 11.7 Å². The summed E-state index contributed by atoms with van der Waals surface area (Å²) < 4.78 is 6.43. The zero-order valence-electron chi connectivity index (χ0n) is 11.0. The van der Waals surface area contributed by atoms with E-state index in [0.29, 0.717) is 17.4 Å². The number of pyridine rings is 1. The fourth-order valence-corrected chi connectivity index (χ4v) is 2.60. The Hall–Kier alpha value is -2.68. The molecule has 1 N–H and O–H groups in total. The molecule has 0 radical (unpaired) electrons. The van der Waals surface area contributed by atoms with Crippen molar-refractivity contribution in [2.24, 2.45) is 0 Å². The van der Waals surface area contributed by atoms with Gasteiger partial charge >= 0.3 is 5.82 Å². The molecular formula is C12H11N5O3S. The third-order valence-corrected chi connectivity index (χ3v) is 3.63. The number of methoxy groups -OCH3 is 1. The van der Waals surface area contributed by atoms with Gasteiger partial charge in [0.05, 0.1) is 7.11 Å². The summed E-state index contributed by atoms with van der Waals surface area (Å²) in [7, 11) is 1.54. The van der Waals surface area contributed by atoms with Crippen molar-refractivity contribution in [3.05, 3.63) is 45.6 Å². The summed E-state index contributed by atoms with van der Waals surface area (Å²) in [6.45, 7) is 0.392. The molecule has 0 atom stereocenters. The van der Waals surface area contributed by atoms with E-state index in [9.17, 15) is 10.1 Å². The van der Waals surface area contributed by atoms with E-state index in [2.05, 4.69) is 15.3 Å². The van der Waals surface area contributed by atoms with E-state index in [-0.39, 0.29) is 11.6 Å². The number of hydrogen-bond acceptors (Lipinski definition) is 7. The summed E-state index contributed by atoms with van der Waals surface area (Å²) >= 11 is 1.34. The maximum atomic E-state index is 11.2. The summed E-state index contributed by atoms with van der Waals surface area (Å²) in [5.41, 5.74) is 0.876. The Labute approximate surface area is 123 Å². The van der Waals surface area contributed by atoms with Crippen LogP contribution in [0.15, 0.2) is 29.9 Å². The smallest absolute Gasteiger partial charge is 0.372 e. The number of ether oxygens (including phenoxy) is 1. The minimum absolute atomic E-state index is 0.0623. The predicted molar refractivity (Wildman–Crippen MR) is 77.8 cm³/mol. The highest BCUT2D eigenvalue weighted by atomic mass is 32.1. The topological polar surface area (TPSA) is 94.6 Å². The Morgan fingerprint density at radius 1 is 1.52 bits per heavy atom. The number of fused-ring (bicyclic) bond motifs is 1. The molecule has 0 spiro atoms. The van der Waals surface area contributed by atoms with Crippen molar-refractivity contribution >= 4 is 27.9 Å². The van der Waals surface area contributed by atoms with E-state index in [1.54, 1.807) is 30.9 Å². The van der Waals surface area contributed by atoms with Gasteiger partial charge in [-0.15, -0.1) is 0 Å². The lowest BCUT2D eigenvalue weighted by atomic mass is 10.3. The standard InChI is InChI=1S/C12H11N5O3S/c1-20-9-3-2-8(6-13-9)7-14-10-11(17(18)19)16-4-5-21-12(16)15-10/h2-6,14H,7H2,1H3. The second-order valence-corrected chi connectivity index (χ2v) is 5.03. The van der Waals surface area contributed by atoms with Crippen LogP contribution in [0.2, 0.25) is 0 Å². The maximum absolute atomic E-state index is 11.2. The Morgan fingerprint density at radius 2 is 2.38 bits per heavy atom. The normalized spacial score (nSPS) is 10.7. The molecule has 21 heavy (non-hydrogen) atoms. The first-order chi connectivity index (χ1) is 10.2. The quantitative estimate of drug-likeness (QED) is 0.574. The minimum atomic E-state index is -0.443. The highest BCUT2D eigenvalue weighted by Gasteiger charge is 2.23. The van der Waals surface area contributed by atoms with Crippen LogP contribution in [0.3, 0.4) is 0 Å². The molecular weight excluding hydrogens is 294 g/mol. The van der Waals surface area contributed by atoms with Crippen LogP contribution in [-0.4, -0.2) is 26.4 Å². The zero-order chi connectivity index (χ0) is 14.8. The molecule has 3 heterocycles. The summed E-state index contributed by atoms with van der Waals surface area (Å²) in [5, 5.41) is 15.9. The molecule has 0 bridgehead atoms. The molecule has 3 aromatic rings. The van der Waals surface area contributed by atoms with Gasteiger partial charge in [0.25, 0.3) is 4.96 Å². The van der Waals surface area contributed by atoms with Gasteiger partial charge in [-0.2, -0.15) is 9.38 Å². The molecule has 0 fully saturated rings. The Bertz CT molecular complexity index is 780. The first-order valence-corrected chi connectivity index (χ1v) is 6.89. The van der Waals surface area contributed by atoms with Crippen LogP contribution in [0, 0.1) is 10.1 Å². The number of nitrogens with one attached hydrogen (secondary N) is 1. The highest BCUT2D eigenvalue weighted by Crippen LogP contribution is 2.28. The van der Waals surface area contributed by atoms with E-state index in [1.165, 1.54) is 15.7 Å². The van der Waals surface area contributed by atoms with Crippen molar-refractivity contribution in [3.8, 4) is 5.88 Å². The van der Waals surface area contributed by atoms with Crippen LogP contribution in [0.4, 0.5) is 11.6 Å². The van der Waals surface area contributed by atoms with Crippen LogP contribution < -0.4 is 10.1 Å². The van der Waals surface area contributed by atoms with Gasteiger partial charge in [-0.1, -0.05) is 17.4 Å². The van der Waals surface area contributed by atoms with Crippen LogP contribution in [0.5, 0.6) is 5.88 Å². The molecule has 0 amide bonds. The monoisotopic (exact) mass is 305 g/mol. The van der Waals surface area contributed by atoms with Gasteiger partial charge in [-0.25, -0.2) is 4.98 Å². The van der Waals surface area contributed by atoms with Crippen LogP contribution in [0.25, 0.3) is 4.96 Å². The van der Waals surface area contributed by atoms with Crippen molar-refractivity contribution in [1.82, 2.24) is 14.4 Å². The van der Waals surface area contributed by atoms with Gasteiger partial charge in [0.1, 0.15) is 6.20 Å². The molecule has 0 unspecified atom stereocenters.